The van der Waals surface area contributed by atoms with Gasteiger partial charge in [-0.15, -0.1) is 35.3 Å². The molecule has 2 aromatic heterocycles. The molecule has 0 spiro atoms. The highest BCUT2D eigenvalue weighted by Gasteiger charge is 2.25. The van der Waals surface area contributed by atoms with Crippen LogP contribution in [0.5, 0.6) is 0 Å². The summed E-state index contributed by atoms with van der Waals surface area (Å²) in [5.74, 6) is 1.67. The van der Waals surface area contributed by atoms with Gasteiger partial charge in [0.15, 0.2) is 10.9 Å². The average Bonchev–Trinajstić information content (AvgIpc) is 3.33. The number of hydrogen-bond acceptors (Lipinski definition) is 3. The van der Waals surface area contributed by atoms with Crippen molar-refractivity contribution in [3.05, 3.63) is 59.4 Å². The molecular formula is C19H24IN5S. The number of likely N-dealkylation sites (tertiary alicyclic amines) is 1. The van der Waals surface area contributed by atoms with Crippen molar-refractivity contribution in [1.29, 1.82) is 0 Å². The van der Waals surface area contributed by atoms with E-state index >= 15 is 0 Å². The molecule has 3 heterocycles. The lowest BCUT2D eigenvalue weighted by Gasteiger charge is -2.21. The van der Waals surface area contributed by atoms with E-state index in [4.69, 9.17) is 0 Å². The van der Waals surface area contributed by atoms with E-state index in [0.717, 1.165) is 36.1 Å². The predicted octanol–water partition coefficient (Wildman–Crippen LogP) is 3.65. The Kier molecular flexibility index (Phi) is 6.53. The third kappa shape index (κ3) is 4.37. The third-order valence-electron chi connectivity index (χ3n) is 4.74. The number of guanidine groups is 1. The molecule has 0 radical (unpaired) electrons. The number of nitrogens with one attached hydrogen (secondary N) is 1. The van der Waals surface area contributed by atoms with E-state index in [1.54, 1.807) is 11.3 Å². The number of fused-ring (bicyclic) bond motifs is 1. The number of aromatic nitrogens is 2. The number of benzene rings is 1. The molecule has 7 heteroatoms. The lowest BCUT2D eigenvalue weighted by atomic mass is 9.99. The fraction of sp³-hybridized carbons (Fsp3) is 0.368. The molecule has 3 aromatic rings. The molecule has 0 bridgehead atoms. The smallest absolute Gasteiger partial charge is 0.193 e. The van der Waals surface area contributed by atoms with Crippen LogP contribution in [0.4, 0.5) is 0 Å². The van der Waals surface area contributed by atoms with Crippen LogP contribution >= 0.6 is 35.3 Å². The Hall–Kier alpha value is -1.61. The van der Waals surface area contributed by atoms with E-state index in [1.807, 2.05) is 13.2 Å². The summed E-state index contributed by atoms with van der Waals surface area (Å²) in [5.41, 5.74) is 2.48. The fourth-order valence-electron chi connectivity index (χ4n) is 3.50. The first-order chi connectivity index (χ1) is 12.3. The van der Waals surface area contributed by atoms with Crippen molar-refractivity contribution in [3.63, 3.8) is 0 Å². The van der Waals surface area contributed by atoms with Gasteiger partial charge in [0.05, 0.1) is 12.2 Å². The lowest BCUT2D eigenvalue weighted by Crippen LogP contribution is -2.39. The highest BCUT2D eigenvalue weighted by atomic mass is 127. The van der Waals surface area contributed by atoms with Gasteiger partial charge in [0.2, 0.25) is 0 Å². The van der Waals surface area contributed by atoms with Gasteiger partial charge in [-0.3, -0.25) is 9.39 Å². The summed E-state index contributed by atoms with van der Waals surface area (Å²) in [6.45, 7) is 2.84. The van der Waals surface area contributed by atoms with Crippen molar-refractivity contribution in [2.45, 2.75) is 19.4 Å². The molecule has 1 aromatic carbocycles. The Labute approximate surface area is 175 Å². The van der Waals surface area contributed by atoms with Gasteiger partial charge in [-0.25, -0.2) is 4.98 Å². The van der Waals surface area contributed by atoms with Crippen LogP contribution in [0.15, 0.2) is 53.1 Å². The Morgan fingerprint density at radius 3 is 2.96 bits per heavy atom. The van der Waals surface area contributed by atoms with Crippen LogP contribution in [0, 0.1) is 5.92 Å². The molecule has 1 atom stereocenters. The summed E-state index contributed by atoms with van der Waals surface area (Å²) in [6.07, 6.45) is 6.48. The highest BCUT2D eigenvalue weighted by Crippen LogP contribution is 2.21. The molecule has 1 fully saturated rings. The number of thiazole rings is 1. The van der Waals surface area contributed by atoms with Gasteiger partial charge < -0.3 is 10.2 Å². The molecule has 0 aliphatic carbocycles. The third-order valence-corrected chi connectivity index (χ3v) is 5.51. The van der Waals surface area contributed by atoms with E-state index in [2.05, 4.69) is 66.5 Å². The van der Waals surface area contributed by atoms with Gasteiger partial charge in [0.1, 0.15) is 0 Å². The molecular weight excluding hydrogens is 457 g/mol. The van der Waals surface area contributed by atoms with E-state index in [-0.39, 0.29) is 24.0 Å². The summed E-state index contributed by atoms with van der Waals surface area (Å²) in [4.78, 5) is 12.5. The zero-order valence-electron chi connectivity index (χ0n) is 14.8. The van der Waals surface area contributed by atoms with Crippen LogP contribution in [-0.4, -0.2) is 40.4 Å². The topological polar surface area (TPSA) is 44.9 Å². The van der Waals surface area contributed by atoms with Crippen LogP contribution in [-0.2, 0) is 13.0 Å². The molecule has 1 saturated heterocycles. The van der Waals surface area contributed by atoms with E-state index in [9.17, 15) is 0 Å². The van der Waals surface area contributed by atoms with Crippen molar-refractivity contribution in [2.24, 2.45) is 10.9 Å². The summed E-state index contributed by atoms with van der Waals surface area (Å²) in [5, 5.41) is 5.52. The molecule has 0 saturated carbocycles. The Bertz CT molecular complexity index is 829. The first-order valence-electron chi connectivity index (χ1n) is 8.72. The van der Waals surface area contributed by atoms with Crippen LogP contribution in [0.2, 0.25) is 0 Å². The van der Waals surface area contributed by atoms with Crippen LogP contribution in [0.1, 0.15) is 17.7 Å². The first-order valence-corrected chi connectivity index (χ1v) is 9.60. The fourth-order valence-corrected chi connectivity index (χ4v) is 4.22. The molecule has 1 unspecified atom stereocenters. The number of hydrogen-bond donors (Lipinski definition) is 1. The predicted molar refractivity (Wildman–Crippen MR) is 119 cm³/mol. The molecule has 0 amide bonds. The second kappa shape index (κ2) is 8.85. The van der Waals surface area contributed by atoms with E-state index < -0.39 is 0 Å². The maximum atomic E-state index is 4.62. The molecule has 1 N–H and O–H groups in total. The van der Waals surface area contributed by atoms with E-state index in [1.165, 1.54) is 12.0 Å². The summed E-state index contributed by atoms with van der Waals surface area (Å²) in [7, 11) is 1.86. The zero-order valence-corrected chi connectivity index (χ0v) is 18.0. The normalized spacial score (nSPS) is 17.5. The van der Waals surface area contributed by atoms with Crippen LogP contribution in [0.3, 0.4) is 0 Å². The largest absolute Gasteiger partial charge is 0.351 e. The summed E-state index contributed by atoms with van der Waals surface area (Å²) < 4.78 is 2.07. The van der Waals surface area contributed by atoms with Gasteiger partial charge in [-0.1, -0.05) is 30.3 Å². The SMILES string of the molecule is CN=C(NCc1cn2ccsc2n1)N1CCC(Cc2ccccc2)C1.I. The second-order valence-electron chi connectivity index (χ2n) is 6.52. The maximum absolute atomic E-state index is 4.62. The molecule has 5 nitrogen and oxygen atoms in total. The Morgan fingerprint density at radius 2 is 2.19 bits per heavy atom. The Morgan fingerprint density at radius 1 is 1.35 bits per heavy atom. The van der Waals surface area contributed by atoms with Gasteiger partial charge >= 0.3 is 0 Å². The van der Waals surface area contributed by atoms with Gasteiger partial charge in [0, 0.05) is 37.9 Å². The molecule has 1 aliphatic heterocycles. The molecule has 26 heavy (non-hydrogen) atoms. The minimum atomic E-state index is 0. The molecule has 4 rings (SSSR count). The minimum absolute atomic E-state index is 0. The van der Waals surface area contributed by atoms with E-state index in [0.29, 0.717) is 12.5 Å². The second-order valence-corrected chi connectivity index (χ2v) is 7.39. The Balaban J connectivity index is 0.00000196. The van der Waals surface area contributed by atoms with Gasteiger partial charge in [-0.05, 0) is 24.3 Å². The quantitative estimate of drug-likeness (QED) is 0.352. The van der Waals surface area contributed by atoms with Crippen molar-refractivity contribution in [2.75, 3.05) is 20.1 Å². The summed E-state index contributed by atoms with van der Waals surface area (Å²) >= 11 is 1.66. The number of imidazole rings is 1. The average molecular weight is 481 g/mol. The molecule has 1 aliphatic rings. The highest BCUT2D eigenvalue weighted by molar-refractivity contribution is 14.0. The zero-order chi connectivity index (χ0) is 17.1. The number of aliphatic imine (C=N–C) groups is 1. The maximum Gasteiger partial charge on any atom is 0.193 e. The molecule has 138 valence electrons. The summed E-state index contributed by atoms with van der Waals surface area (Å²) in [6, 6.07) is 10.8. The minimum Gasteiger partial charge on any atom is -0.351 e. The van der Waals surface area contributed by atoms with Crippen LogP contribution < -0.4 is 5.32 Å². The van der Waals surface area contributed by atoms with Gasteiger partial charge in [-0.2, -0.15) is 0 Å². The monoisotopic (exact) mass is 481 g/mol. The van der Waals surface area contributed by atoms with Crippen molar-refractivity contribution in [1.82, 2.24) is 19.6 Å². The lowest BCUT2D eigenvalue weighted by molar-refractivity contribution is 0.459. The van der Waals surface area contributed by atoms with Gasteiger partial charge in [0.25, 0.3) is 0 Å². The van der Waals surface area contributed by atoms with Crippen molar-refractivity contribution >= 4 is 46.2 Å². The standard InChI is InChI=1S/C19H23N5S.HI/c1-20-18(21-12-17-14-24-9-10-25-19(24)22-17)23-8-7-16(13-23)11-15-5-3-2-4-6-15;/h2-6,9-10,14,16H,7-8,11-13H2,1H3,(H,20,21);1H. The van der Waals surface area contributed by atoms with Crippen LogP contribution in [0.25, 0.3) is 4.96 Å². The number of rotatable bonds is 4. The van der Waals surface area contributed by atoms with Crippen molar-refractivity contribution < 1.29 is 0 Å². The first kappa shape index (κ1) is 19.2. The number of halogens is 1. The van der Waals surface area contributed by atoms with Crippen molar-refractivity contribution in [3.8, 4) is 0 Å². The number of nitrogens with zero attached hydrogens (tertiary/aromatic N) is 4.